The molecule has 0 radical (unpaired) electrons. The predicted octanol–water partition coefficient (Wildman–Crippen LogP) is 1.52. The molecule has 0 fully saturated rings. The van der Waals surface area contributed by atoms with Crippen LogP contribution in [0.25, 0.3) is 0 Å². The van der Waals surface area contributed by atoms with Gasteiger partial charge in [0.15, 0.2) is 0 Å². The van der Waals surface area contributed by atoms with Gasteiger partial charge in [0.2, 0.25) is 0 Å². The van der Waals surface area contributed by atoms with E-state index in [4.69, 9.17) is 5.11 Å². The molecule has 0 saturated heterocycles. The maximum atomic E-state index is 8.24. The number of hydrogen-bond acceptors (Lipinski definition) is 1. The quantitative estimate of drug-likeness (QED) is 0.437. The number of aliphatic hydroxyl groups is 1. The van der Waals surface area contributed by atoms with Crippen molar-refractivity contribution in [3.05, 3.63) is 0 Å². The van der Waals surface area contributed by atoms with Gasteiger partial charge in [0.25, 0.3) is 0 Å². The molecule has 0 heterocycles. The van der Waals surface area contributed by atoms with E-state index in [2.05, 4.69) is 14.3 Å². The normalized spacial score (nSPS) is 8.00. The topological polar surface area (TPSA) is 20.2 Å². The van der Waals surface area contributed by atoms with E-state index in [1.807, 2.05) is 0 Å². The van der Waals surface area contributed by atoms with Gasteiger partial charge in [-0.15, -0.1) is 0 Å². The molecule has 0 aromatic rings. The molecule has 0 aliphatic carbocycles. The van der Waals surface area contributed by atoms with E-state index < -0.39 is 0 Å². The summed E-state index contributed by atoms with van der Waals surface area (Å²) in [7, 11) is 3.76. The molecule has 0 aliphatic rings. The second-order valence-corrected chi connectivity index (χ2v) is 1.66. The predicted molar refractivity (Wildman–Crippen MR) is 31.7 cm³/mol. The second kappa shape index (κ2) is 6.17. The molecule has 40 valence electrons. The Labute approximate surface area is 46.2 Å². The van der Waals surface area contributed by atoms with E-state index in [1.54, 1.807) is 0 Å². The Morgan fingerprint density at radius 3 is 2.57 bits per heavy atom. The number of aliphatic hydroxyl groups excluding tert-OH is 1. The van der Waals surface area contributed by atoms with E-state index in [9.17, 15) is 0 Å². The van der Waals surface area contributed by atoms with Crippen LogP contribution in [0.2, 0.25) is 0 Å². The van der Waals surface area contributed by atoms with Gasteiger partial charge in [-0.05, 0) is 0 Å². The molecule has 1 N–H and O–H groups in total. The summed E-state index contributed by atoms with van der Waals surface area (Å²) < 4.78 is 0. The van der Waals surface area contributed by atoms with Gasteiger partial charge in [-0.3, -0.25) is 0 Å². The number of rotatable bonds is 3. The Kier molecular flexibility index (Phi) is 6.32. The van der Waals surface area contributed by atoms with Crippen molar-refractivity contribution >= 4 is 8.70 Å². The first-order chi connectivity index (χ1) is 3.41. The van der Waals surface area contributed by atoms with Crippen LogP contribution in [0, 0.1) is 5.63 Å². The molecular weight excluding hydrogens is 107 g/mol. The van der Waals surface area contributed by atoms with Crippen LogP contribution in [-0.4, -0.2) is 11.7 Å². The molecule has 0 aromatic heterocycles. The maximum absolute atomic E-state index is 8.24. The Hall–Kier alpha value is 0.170. The summed E-state index contributed by atoms with van der Waals surface area (Å²) in [6.07, 6.45) is 2.75. The first kappa shape index (κ1) is 7.17. The monoisotopic (exact) mass is 116 g/mol. The number of unbranched alkanes of at least 4 members (excludes halogenated alkanes) is 2. The van der Waals surface area contributed by atoms with Crippen molar-refractivity contribution in [2.45, 2.75) is 19.3 Å². The minimum absolute atomic E-state index is 0.287. The molecule has 0 amide bonds. The SMILES string of the molecule is OCCCCC#P. The summed E-state index contributed by atoms with van der Waals surface area (Å²) >= 11 is 0. The van der Waals surface area contributed by atoms with Crippen molar-refractivity contribution in [1.29, 1.82) is 0 Å². The van der Waals surface area contributed by atoms with Crippen LogP contribution in [0.5, 0.6) is 0 Å². The van der Waals surface area contributed by atoms with Crippen LogP contribution in [0.4, 0.5) is 0 Å². The van der Waals surface area contributed by atoms with E-state index in [-0.39, 0.29) is 6.61 Å². The Morgan fingerprint density at radius 1 is 1.43 bits per heavy atom. The summed E-state index contributed by atoms with van der Waals surface area (Å²) in [6.45, 7) is 0.287. The molecule has 0 spiro atoms. The molecule has 0 aliphatic heterocycles. The van der Waals surface area contributed by atoms with Gasteiger partial charge < -0.3 is 0 Å². The van der Waals surface area contributed by atoms with E-state index >= 15 is 0 Å². The van der Waals surface area contributed by atoms with Gasteiger partial charge in [-0.25, -0.2) is 0 Å². The zero-order chi connectivity index (χ0) is 5.54. The van der Waals surface area contributed by atoms with Gasteiger partial charge in [0.1, 0.15) is 0 Å². The molecule has 2 heteroatoms. The zero-order valence-corrected chi connectivity index (χ0v) is 5.12. The third-order valence-corrected chi connectivity index (χ3v) is 0.920. The fourth-order valence-corrected chi connectivity index (χ4v) is 0.474. The van der Waals surface area contributed by atoms with Gasteiger partial charge in [-0.1, -0.05) is 0 Å². The fourth-order valence-electron chi connectivity index (χ4n) is 0.316. The average Bonchev–Trinajstić information content (AvgIpc) is 1.69. The van der Waals surface area contributed by atoms with Gasteiger partial charge in [0.05, 0.1) is 0 Å². The molecule has 0 bridgehead atoms. The molecule has 0 rings (SSSR count). The van der Waals surface area contributed by atoms with Crippen LogP contribution in [0.1, 0.15) is 19.3 Å². The van der Waals surface area contributed by atoms with Crippen molar-refractivity contribution in [2.75, 3.05) is 6.61 Å². The first-order valence-corrected chi connectivity index (χ1v) is 2.84. The van der Waals surface area contributed by atoms with Gasteiger partial charge in [0, 0.05) is 0 Å². The summed E-state index contributed by atoms with van der Waals surface area (Å²) in [5.41, 5.74) is 2.69. The van der Waals surface area contributed by atoms with Gasteiger partial charge in [-0.2, -0.15) is 0 Å². The third kappa shape index (κ3) is 6.17. The van der Waals surface area contributed by atoms with Crippen molar-refractivity contribution in [2.24, 2.45) is 0 Å². The van der Waals surface area contributed by atoms with E-state index in [0.717, 1.165) is 19.3 Å². The molecule has 0 atom stereocenters. The Morgan fingerprint density at radius 2 is 2.14 bits per heavy atom. The summed E-state index contributed by atoms with van der Waals surface area (Å²) in [5, 5.41) is 8.24. The zero-order valence-electron chi connectivity index (χ0n) is 4.22. The van der Waals surface area contributed by atoms with Crippen molar-refractivity contribution < 1.29 is 5.11 Å². The van der Waals surface area contributed by atoms with E-state index in [1.165, 1.54) is 0 Å². The minimum atomic E-state index is 0.287. The van der Waals surface area contributed by atoms with Crippen LogP contribution in [0.15, 0.2) is 0 Å². The Balaban J connectivity index is 2.60. The van der Waals surface area contributed by atoms with Crippen molar-refractivity contribution in [1.82, 2.24) is 0 Å². The molecule has 1 nitrogen and oxygen atoms in total. The number of hydrogen-bond donors (Lipinski definition) is 1. The summed E-state index contributed by atoms with van der Waals surface area (Å²) in [5.74, 6) is 0. The van der Waals surface area contributed by atoms with Crippen molar-refractivity contribution in [3.63, 3.8) is 0 Å². The molecule has 0 saturated carbocycles. The van der Waals surface area contributed by atoms with E-state index in [0.29, 0.717) is 0 Å². The Bertz CT molecular complexity index is 65.0. The molecule has 0 aromatic carbocycles. The second-order valence-electron chi connectivity index (χ2n) is 1.34. The van der Waals surface area contributed by atoms with Crippen molar-refractivity contribution in [3.8, 4) is 5.63 Å². The van der Waals surface area contributed by atoms with Gasteiger partial charge >= 0.3 is 45.3 Å². The van der Waals surface area contributed by atoms with Crippen LogP contribution < -0.4 is 0 Å². The fraction of sp³-hybridized carbons (Fsp3) is 0.800. The van der Waals surface area contributed by atoms with Crippen LogP contribution in [0.3, 0.4) is 0 Å². The summed E-state index contributed by atoms with van der Waals surface area (Å²) in [6, 6.07) is 0. The first-order valence-electron chi connectivity index (χ1n) is 2.39. The molecular formula is C5H9OP. The summed E-state index contributed by atoms with van der Waals surface area (Å²) in [4.78, 5) is 0. The van der Waals surface area contributed by atoms with Crippen LogP contribution in [-0.2, 0) is 0 Å². The molecule has 0 unspecified atom stereocenters. The third-order valence-electron chi connectivity index (χ3n) is 0.697. The molecule has 7 heavy (non-hydrogen) atoms. The standard InChI is InChI=1S/C5H9OP/c6-4-2-1-3-5-7/h6H,1-4H2. The van der Waals surface area contributed by atoms with Crippen LogP contribution >= 0.6 is 8.70 Å². The average molecular weight is 116 g/mol.